The molecule has 0 saturated heterocycles. The molecule has 0 fully saturated rings. The van der Waals surface area contributed by atoms with Crippen molar-refractivity contribution < 1.29 is 19.8 Å². The number of hydrogen-bond acceptors (Lipinski definition) is 3. The zero-order valence-electron chi connectivity index (χ0n) is 12.6. The Hall–Kier alpha value is -1.30. The Kier molecular flexibility index (Phi) is 10.8. The minimum absolute atomic E-state index is 0.0356. The van der Waals surface area contributed by atoms with Crippen LogP contribution in [0.2, 0.25) is 0 Å². The van der Waals surface area contributed by atoms with Crippen LogP contribution in [0.3, 0.4) is 0 Å². The molecule has 1 atom stereocenters. The molecule has 3 N–H and O–H groups in total. The number of hydrogen-bond donors (Lipinski definition) is 3. The number of carboxylic acids is 1. The molecule has 0 bridgehead atoms. The van der Waals surface area contributed by atoms with Crippen LogP contribution in [0.1, 0.15) is 46.0 Å². The Morgan fingerprint density at radius 1 is 1.25 bits per heavy atom. The second kappa shape index (κ2) is 11.5. The van der Waals surface area contributed by atoms with Gasteiger partial charge in [-0.3, -0.25) is 4.79 Å². The Morgan fingerprint density at radius 2 is 1.95 bits per heavy atom. The first-order valence-corrected chi connectivity index (χ1v) is 7.36. The lowest BCUT2D eigenvalue weighted by Gasteiger charge is -2.22. The maximum atomic E-state index is 11.9. The minimum atomic E-state index is -0.783. The van der Waals surface area contributed by atoms with Crippen LogP contribution < -0.4 is 5.32 Å². The predicted molar refractivity (Wildman–Crippen MR) is 77.6 cm³/mol. The first-order chi connectivity index (χ1) is 9.51. The number of rotatable bonds is 11. The third-order valence-electron chi connectivity index (χ3n) is 3.20. The van der Waals surface area contributed by atoms with E-state index in [1.54, 1.807) is 4.90 Å². The van der Waals surface area contributed by atoms with Gasteiger partial charge in [-0.2, -0.15) is 0 Å². The van der Waals surface area contributed by atoms with E-state index in [1.807, 2.05) is 6.92 Å². The van der Waals surface area contributed by atoms with Crippen molar-refractivity contribution >= 4 is 12.0 Å². The fourth-order valence-electron chi connectivity index (χ4n) is 1.84. The van der Waals surface area contributed by atoms with Gasteiger partial charge in [0.25, 0.3) is 0 Å². The molecule has 0 aromatic rings. The molecule has 6 nitrogen and oxygen atoms in total. The fourth-order valence-corrected chi connectivity index (χ4v) is 1.84. The van der Waals surface area contributed by atoms with Crippen molar-refractivity contribution in [2.45, 2.75) is 46.0 Å². The number of nitrogens with zero attached hydrogens (tertiary/aromatic N) is 1. The van der Waals surface area contributed by atoms with Crippen LogP contribution in [0.4, 0.5) is 4.79 Å². The number of amides is 2. The largest absolute Gasteiger partial charge is 0.481 e. The summed E-state index contributed by atoms with van der Waals surface area (Å²) in [6, 6.07) is -0.155. The zero-order chi connectivity index (χ0) is 15.4. The summed E-state index contributed by atoms with van der Waals surface area (Å²) in [5, 5.41) is 20.4. The third-order valence-corrected chi connectivity index (χ3v) is 3.20. The number of carbonyl (C=O) groups is 2. The van der Waals surface area contributed by atoms with Crippen LogP contribution in [0.25, 0.3) is 0 Å². The van der Waals surface area contributed by atoms with Crippen LogP contribution in [0, 0.1) is 5.92 Å². The van der Waals surface area contributed by atoms with E-state index in [1.165, 1.54) is 0 Å². The number of carbonyl (C=O) groups excluding carboxylic acids is 1. The van der Waals surface area contributed by atoms with Crippen molar-refractivity contribution in [3.05, 3.63) is 0 Å². The van der Waals surface area contributed by atoms with Gasteiger partial charge in [0.05, 0.1) is 6.61 Å². The molecule has 0 aromatic carbocycles. The topological polar surface area (TPSA) is 89.9 Å². The normalized spacial score (nSPS) is 11.9. The molecular formula is C14H28N2O4. The lowest BCUT2D eigenvalue weighted by molar-refractivity contribution is -0.137. The average molecular weight is 288 g/mol. The van der Waals surface area contributed by atoms with E-state index < -0.39 is 5.97 Å². The summed E-state index contributed by atoms with van der Waals surface area (Å²) in [5.41, 5.74) is 0. The summed E-state index contributed by atoms with van der Waals surface area (Å²) in [5.74, 6) is -0.511. The van der Waals surface area contributed by atoms with Crippen LogP contribution in [0.5, 0.6) is 0 Å². The molecule has 20 heavy (non-hydrogen) atoms. The van der Waals surface area contributed by atoms with E-state index in [0.29, 0.717) is 26.1 Å². The van der Waals surface area contributed by atoms with Gasteiger partial charge >= 0.3 is 12.0 Å². The van der Waals surface area contributed by atoms with Gasteiger partial charge in [-0.1, -0.05) is 20.3 Å². The molecule has 0 heterocycles. The van der Waals surface area contributed by atoms with Crippen LogP contribution in [-0.2, 0) is 4.79 Å². The number of aliphatic carboxylic acids is 1. The summed E-state index contributed by atoms with van der Waals surface area (Å²) in [4.78, 5) is 24.0. The van der Waals surface area contributed by atoms with Crippen molar-refractivity contribution in [3.63, 3.8) is 0 Å². The van der Waals surface area contributed by atoms with Crippen LogP contribution >= 0.6 is 0 Å². The number of urea groups is 1. The summed E-state index contributed by atoms with van der Waals surface area (Å²) >= 11 is 0. The molecule has 118 valence electrons. The van der Waals surface area contributed by atoms with E-state index >= 15 is 0 Å². The average Bonchev–Trinajstić information content (AvgIpc) is 2.41. The van der Waals surface area contributed by atoms with Gasteiger partial charge < -0.3 is 20.4 Å². The molecule has 0 aliphatic heterocycles. The fraction of sp³-hybridized carbons (Fsp3) is 0.857. The summed E-state index contributed by atoms with van der Waals surface area (Å²) in [6.07, 6.45) is 3.48. The Morgan fingerprint density at radius 3 is 2.50 bits per heavy atom. The first kappa shape index (κ1) is 18.7. The van der Waals surface area contributed by atoms with E-state index in [9.17, 15) is 9.59 Å². The number of unbranched alkanes of at least 4 members (excludes halogenated alkanes) is 1. The maximum absolute atomic E-state index is 11.9. The van der Waals surface area contributed by atoms with E-state index in [2.05, 4.69) is 12.2 Å². The van der Waals surface area contributed by atoms with Crippen molar-refractivity contribution in [1.29, 1.82) is 0 Å². The third kappa shape index (κ3) is 9.61. The number of aliphatic hydroxyl groups excluding tert-OH is 1. The SMILES string of the molecule is CCCCN(CCO)C(=O)NCCC(C)CCC(=O)O. The van der Waals surface area contributed by atoms with E-state index in [4.69, 9.17) is 10.2 Å². The zero-order valence-corrected chi connectivity index (χ0v) is 12.6. The smallest absolute Gasteiger partial charge is 0.317 e. The van der Waals surface area contributed by atoms with Gasteiger partial charge in [-0.15, -0.1) is 0 Å². The van der Waals surface area contributed by atoms with Gasteiger partial charge in [-0.05, 0) is 25.2 Å². The van der Waals surface area contributed by atoms with Crippen molar-refractivity contribution in [2.75, 3.05) is 26.2 Å². The monoisotopic (exact) mass is 288 g/mol. The summed E-state index contributed by atoms with van der Waals surface area (Å²) < 4.78 is 0. The molecule has 0 aromatic heterocycles. The first-order valence-electron chi connectivity index (χ1n) is 7.36. The lowest BCUT2D eigenvalue weighted by atomic mass is 10.0. The molecule has 0 saturated carbocycles. The molecule has 0 rings (SSSR count). The highest BCUT2D eigenvalue weighted by molar-refractivity contribution is 5.74. The lowest BCUT2D eigenvalue weighted by Crippen LogP contribution is -2.42. The predicted octanol–water partition coefficient (Wildman–Crippen LogP) is 1.68. The number of aliphatic hydroxyl groups is 1. The van der Waals surface area contributed by atoms with Crippen LogP contribution in [0.15, 0.2) is 0 Å². The molecule has 0 radical (unpaired) electrons. The van der Waals surface area contributed by atoms with Gasteiger partial charge in [0.1, 0.15) is 0 Å². The number of nitrogens with one attached hydrogen (secondary N) is 1. The van der Waals surface area contributed by atoms with Crippen molar-refractivity contribution in [2.24, 2.45) is 5.92 Å². The summed E-state index contributed by atoms with van der Waals surface area (Å²) in [7, 11) is 0. The van der Waals surface area contributed by atoms with Gasteiger partial charge in [0.2, 0.25) is 0 Å². The Labute approximate surface area is 121 Å². The van der Waals surface area contributed by atoms with E-state index in [0.717, 1.165) is 19.3 Å². The minimum Gasteiger partial charge on any atom is -0.481 e. The Balaban J connectivity index is 3.89. The van der Waals surface area contributed by atoms with Gasteiger partial charge in [0.15, 0.2) is 0 Å². The number of carboxylic acid groups (broad SMARTS) is 1. The summed E-state index contributed by atoms with van der Waals surface area (Å²) in [6.45, 7) is 5.54. The van der Waals surface area contributed by atoms with Crippen molar-refractivity contribution in [1.82, 2.24) is 10.2 Å². The molecule has 6 heteroatoms. The standard InChI is InChI=1S/C14H28N2O4/c1-3-4-9-16(10-11-17)14(20)15-8-7-12(2)5-6-13(18)19/h12,17H,3-11H2,1-2H3,(H,15,20)(H,18,19). The van der Waals surface area contributed by atoms with Gasteiger partial charge in [-0.25, -0.2) is 4.79 Å². The van der Waals surface area contributed by atoms with Gasteiger partial charge in [0, 0.05) is 26.1 Å². The highest BCUT2D eigenvalue weighted by atomic mass is 16.4. The highest BCUT2D eigenvalue weighted by Crippen LogP contribution is 2.09. The van der Waals surface area contributed by atoms with E-state index in [-0.39, 0.29) is 25.0 Å². The van der Waals surface area contributed by atoms with Crippen LogP contribution in [-0.4, -0.2) is 53.4 Å². The molecule has 0 aliphatic carbocycles. The highest BCUT2D eigenvalue weighted by Gasteiger charge is 2.12. The molecular weight excluding hydrogens is 260 g/mol. The molecule has 1 unspecified atom stereocenters. The quantitative estimate of drug-likeness (QED) is 0.539. The second-order valence-corrected chi connectivity index (χ2v) is 5.12. The molecule has 0 aliphatic rings. The maximum Gasteiger partial charge on any atom is 0.317 e. The second-order valence-electron chi connectivity index (χ2n) is 5.12. The van der Waals surface area contributed by atoms with Crippen molar-refractivity contribution in [3.8, 4) is 0 Å². The molecule has 2 amide bonds. The Bertz CT molecular complexity index is 284. The molecule has 0 spiro atoms.